The Balaban J connectivity index is 4.41. The first-order valence-corrected chi connectivity index (χ1v) is 16.6. The summed E-state index contributed by atoms with van der Waals surface area (Å²) in [6.45, 7) is 11.1. The Morgan fingerprint density at radius 2 is 1.00 bits per heavy atom. The average Bonchev–Trinajstić information content (AvgIpc) is 2.40. The third-order valence-corrected chi connectivity index (χ3v) is 20.5. The van der Waals surface area contributed by atoms with Gasteiger partial charge >= 0.3 is 122 Å². The van der Waals surface area contributed by atoms with E-state index in [2.05, 4.69) is 27.7 Å². The molecule has 0 aromatic rings. The van der Waals surface area contributed by atoms with Crippen LogP contribution in [0.3, 0.4) is 0 Å². The standard InChI is InChI=1S/C5H10.3C4H9.Sn/c1-3-5-4-2;3*1-3-4-2;/h1-5H2;3*1,3-4H2,2H3;. The van der Waals surface area contributed by atoms with Crippen molar-refractivity contribution in [3.63, 3.8) is 0 Å². The van der Waals surface area contributed by atoms with Gasteiger partial charge in [-0.2, -0.15) is 0 Å². The Morgan fingerprint density at radius 3 is 1.33 bits per heavy atom. The maximum atomic E-state index is 4.02. The number of hydrogen-bond donors (Lipinski definition) is 0. The molecule has 0 bridgehead atoms. The van der Waals surface area contributed by atoms with Crippen molar-refractivity contribution < 1.29 is 0 Å². The van der Waals surface area contributed by atoms with Gasteiger partial charge in [0.1, 0.15) is 0 Å². The second kappa shape index (κ2) is 12.8. The molecule has 0 rings (SSSR count). The molecule has 0 amide bonds. The minimum atomic E-state index is -1.74. The van der Waals surface area contributed by atoms with Gasteiger partial charge in [-0.05, 0) is 0 Å². The number of hydrogen-bond acceptors (Lipinski definition) is 0. The summed E-state index contributed by atoms with van der Waals surface area (Å²) >= 11 is -1.74. The summed E-state index contributed by atoms with van der Waals surface area (Å²) in [6, 6.07) is 0. The fourth-order valence-electron chi connectivity index (χ4n) is 3.08. The Labute approximate surface area is 121 Å². The molecule has 1 heteroatoms. The van der Waals surface area contributed by atoms with Crippen LogP contribution < -0.4 is 0 Å². The van der Waals surface area contributed by atoms with E-state index in [0.29, 0.717) is 0 Å². The van der Waals surface area contributed by atoms with Gasteiger partial charge in [0.05, 0.1) is 0 Å². The minimum absolute atomic E-state index is 1.15. The van der Waals surface area contributed by atoms with Gasteiger partial charge in [0.2, 0.25) is 0 Å². The van der Waals surface area contributed by atoms with Crippen LogP contribution in [0.25, 0.3) is 0 Å². The van der Waals surface area contributed by atoms with E-state index in [1.807, 2.05) is 0 Å². The fourth-order valence-corrected chi connectivity index (χ4v) is 19.7. The first-order chi connectivity index (χ1) is 8.74. The molecule has 0 saturated carbocycles. The van der Waals surface area contributed by atoms with Gasteiger partial charge in [-0.25, -0.2) is 0 Å². The van der Waals surface area contributed by atoms with Crippen LogP contribution in [0.15, 0.2) is 0 Å². The third kappa shape index (κ3) is 8.82. The van der Waals surface area contributed by atoms with E-state index >= 15 is 0 Å². The zero-order valence-electron chi connectivity index (χ0n) is 13.4. The molecule has 0 aliphatic heterocycles. The van der Waals surface area contributed by atoms with Crippen LogP contribution >= 0.6 is 0 Å². The van der Waals surface area contributed by atoms with Crippen LogP contribution in [0.2, 0.25) is 17.7 Å². The Morgan fingerprint density at radius 1 is 0.611 bits per heavy atom. The zero-order valence-corrected chi connectivity index (χ0v) is 16.3. The summed E-state index contributed by atoms with van der Waals surface area (Å²) in [5.74, 6) is 0. The molecule has 109 valence electrons. The summed E-state index contributed by atoms with van der Waals surface area (Å²) in [5, 5.41) is 0. The predicted molar refractivity (Wildman–Crippen MR) is 88.9 cm³/mol. The van der Waals surface area contributed by atoms with Crippen molar-refractivity contribution in [1.29, 1.82) is 0 Å². The number of rotatable bonds is 13. The second-order valence-electron chi connectivity index (χ2n) is 6.12. The summed E-state index contributed by atoms with van der Waals surface area (Å²) in [7, 11) is 0. The molecule has 1 radical (unpaired) electrons. The van der Waals surface area contributed by atoms with Crippen LogP contribution in [-0.4, -0.2) is 18.4 Å². The Kier molecular flexibility index (Phi) is 13.4. The van der Waals surface area contributed by atoms with Crippen molar-refractivity contribution in [3.05, 3.63) is 6.92 Å². The van der Waals surface area contributed by atoms with E-state index in [9.17, 15) is 0 Å². The molecule has 18 heavy (non-hydrogen) atoms. The van der Waals surface area contributed by atoms with Crippen molar-refractivity contribution >= 4 is 18.4 Å². The second-order valence-corrected chi connectivity index (χ2v) is 20.4. The quantitative estimate of drug-likeness (QED) is 0.249. The van der Waals surface area contributed by atoms with Gasteiger partial charge in [-0.3, -0.25) is 0 Å². The van der Waals surface area contributed by atoms with E-state index in [0.717, 1.165) is 6.42 Å². The van der Waals surface area contributed by atoms with Gasteiger partial charge in [0.15, 0.2) is 0 Å². The van der Waals surface area contributed by atoms with Gasteiger partial charge < -0.3 is 0 Å². The first kappa shape index (κ1) is 18.8. The molecular formula is C17H37Sn. The SMILES string of the molecule is [CH2]CCC[CH2][Sn]([CH2]CCC)([CH2]CCC)[CH2]CCC. The van der Waals surface area contributed by atoms with Crippen molar-refractivity contribution in [1.82, 2.24) is 0 Å². The monoisotopic (exact) mass is 361 g/mol. The fraction of sp³-hybridized carbons (Fsp3) is 0.941. The molecule has 0 heterocycles. The average molecular weight is 360 g/mol. The van der Waals surface area contributed by atoms with E-state index in [4.69, 9.17) is 0 Å². The van der Waals surface area contributed by atoms with E-state index < -0.39 is 18.4 Å². The normalized spacial score (nSPS) is 12.0. The zero-order chi connectivity index (χ0) is 13.7. The molecule has 0 nitrogen and oxygen atoms in total. The first-order valence-electron chi connectivity index (χ1n) is 8.54. The molecule has 0 spiro atoms. The van der Waals surface area contributed by atoms with E-state index in [1.165, 1.54) is 51.4 Å². The van der Waals surface area contributed by atoms with Crippen LogP contribution in [0.4, 0.5) is 0 Å². The molecule has 0 fully saturated rings. The van der Waals surface area contributed by atoms with Crippen LogP contribution in [0.1, 0.15) is 78.6 Å². The van der Waals surface area contributed by atoms with Gasteiger partial charge in [0, 0.05) is 0 Å². The van der Waals surface area contributed by atoms with Crippen LogP contribution in [0.5, 0.6) is 0 Å². The van der Waals surface area contributed by atoms with Crippen molar-refractivity contribution in [2.75, 3.05) is 0 Å². The molecule has 0 aliphatic carbocycles. The summed E-state index contributed by atoms with van der Waals surface area (Å²) < 4.78 is 6.72. The van der Waals surface area contributed by atoms with Gasteiger partial charge in [-0.1, -0.05) is 0 Å². The third-order valence-electron chi connectivity index (χ3n) is 4.39. The summed E-state index contributed by atoms with van der Waals surface area (Å²) in [5.41, 5.74) is 0. The Hall–Kier alpha value is 0.799. The van der Waals surface area contributed by atoms with Gasteiger partial charge in [-0.15, -0.1) is 0 Å². The summed E-state index contributed by atoms with van der Waals surface area (Å²) in [4.78, 5) is 0. The van der Waals surface area contributed by atoms with Crippen LogP contribution in [-0.2, 0) is 0 Å². The maximum absolute atomic E-state index is 4.02. The molecular weight excluding hydrogens is 323 g/mol. The predicted octanol–water partition coefficient (Wildman–Crippen LogP) is 6.84. The summed E-state index contributed by atoms with van der Waals surface area (Å²) in [6.07, 6.45) is 12.8. The molecule has 0 atom stereocenters. The van der Waals surface area contributed by atoms with E-state index in [-0.39, 0.29) is 0 Å². The van der Waals surface area contributed by atoms with Crippen molar-refractivity contribution in [2.24, 2.45) is 0 Å². The van der Waals surface area contributed by atoms with Crippen molar-refractivity contribution in [2.45, 2.75) is 96.3 Å². The topological polar surface area (TPSA) is 0 Å². The van der Waals surface area contributed by atoms with Gasteiger partial charge in [0.25, 0.3) is 0 Å². The van der Waals surface area contributed by atoms with Crippen molar-refractivity contribution in [3.8, 4) is 0 Å². The molecule has 0 aliphatic rings. The molecule has 0 saturated heterocycles. The molecule has 0 unspecified atom stereocenters. The van der Waals surface area contributed by atoms with Crippen LogP contribution in [0, 0.1) is 6.92 Å². The molecule has 0 aromatic heterocycles. The van der Waals surface area contributed by atoms with E-state index in [1.54, 1.807) is 17.7 Å². The number of unbranched alkanes of at least 4 members (excludes halogenated alkanes) is 5. The molecule has 0 N–H and O–H groups in total. The molecule has 0 aromatic carbocycles. The Bertz CT molecular complexity index is 143.